The number of phenols is 1. The average molecular weight is 326 g/mol. The molecular formula is C19H18O5. The molecule has 2 rings (SSSR count). The van der Waals surface area contributed by atoms with E-state index in [9.17, 15) is 15.0 Å². The summed E-state index contributed by atoms with van der Waals surface area (Å²) >= 11 is 0. The van der Waals surface area contributed by atoms with Gasteiger partial charge in [0.05, 0.1) is 14.2 Å². The Morgan fingerprint density at radius 1 is 1.04 bits per heavy atom. The van der Waals surface area contributed by atoms with Crippen LogP contribution < -0.4 is 9.47 Å². The zero-order valence-electron chi connectivity index (χ0n) is 13.4. The van der Waals surface area contributed by atoms with Gasteiger partial charge in [-0.05, 0) is 23.8 Å². The number of hydrogen-bond acceptors (Lipinski definition) is 5. The standard InChI is InChI=1S/C19H18O5/c1-23-17-10-13(11-18(24-2)19(17)22)8-9-15(20)12-16(21)14-6-4-3-5-7-14/h3-12,21-22H,1-2H3/b9-8+,16-12-. The fraction of sp³-hybridized carbons (Fsp3) is 0.105. The lowest BCUT2D eigenvalue weighted by molar-refractivity contribution is -0.110. The van der Waals surface area contributed by atoms with Gasteiger partial charge in [0.25, 0.3) is 0 Å². The molecule has 0 fully saturated rings. The molecule has 0 amide bonds. The van der Waals surface area contributed by atoms with E-state index in [0.29, 0.717) is 11.1 Å². The van der Waals surface area contributed by atoms with Crippen LogP contribution in [0.5, 0.6) is 17.2 Å². The third-order valence-corrected chi connectivity index (χ3v) is 3.29. The van der Waals surface area contributed by atoms with Gasteiger partial charge in [0, 0.05) is 11.6 Å². The summed E-state index contributed by atoms with van der Waals surface area (Å²) in [5, 5.41) is 19.8. The van der Waals surface area contributed by atoms with E-state index < -0.39 is 0 Å². The highest BCUT2D eigenvalue weighted by molar-refractivity contribution is 6.05. The van der Waals surface area contributed by atoms with Gasteiger partial charge in [0.15, 0.2) is 17.3 Å². The molecule has 0 aliphatic rings. The van der Waals surface area contributed by atoms with E-state index in [-0.39, 0.29) is 28.8 Å². The van der Waals surface area contributed by atoms with Gasteiger partial charge in [-0.2, -0.15) is 0 Å². The molecule has 2 aromatic rings. The molecule has 0 atom stereocenters. The second-order valence-corrected chi connectivity index (χ2v) is 4.91. The number of benzene rings is 2. The van der Waals surface area contributed by atoms with E-state index in [0.717, 1.165) is 6.08 Å². The van der Waals surface area contributed by atoms with Crippen molar-refractivity contribution < 1.29 is 24.5 Å². The van der Waals surface area contributed by atoms with Crippen molar-refractivity contribution in [3.63, 3.8) is 0 Å². The van der Waals surface area contributed by atoms with Crippen LogP contribution in [0.4, 0.5) is 0 Å². The summed E-state index contributed by atoms with van der Waals surface area (Å²) in [6.07, 6.45) is 3.99. The van der Waals surface area contributed by atoms with Gasteiger partial charge >= 0.3 is 0 Å². The largest absolute Gasteiger partial charge is 0.507 e. The van der Waals surface area contributed by atoms with E-state index in [2.05, 4.69) is 0 Å². The van der Waals surface area contributed by atoms with Crippen molar-refractivity contribution in [1.82, 2.24) is 0 Å². The number of rotatable bonds is 6. The first kappa shape index (κ1) is 17.1. The molecule has 0 saturated heterocycles. The minimum atomic E-state index is -0.373. The van der Waals surface area contributed by atoms with Crippen LogP contribution in [0, 0.1) is 0 Å². The molecule has 124 valence electrons. The minimum Gasteiger partial charge on any atom is -0.507 e. The van der Waals surface area contributed by atoms with Crippen LogP contribution in [-0.2, 0) is 4.79 Å². The maximum Gasteiger partial charge on any atom is 0.200 e. The zero-order valence-corrected chi connectivity index (χ0v) is 13.4. The normalized spacial score (nSPS) is 11.5. The predicted octanol–water partition coefficient (Wildman–Crippen LogP) is 3.59. The van der Waals surface area contributed by atoms with Crippen molar-refractivity contribution >= 4 is 17.6 Å². The molecule has 0 bridgehead atoms. The summed E-state index contributed by atoms with van der Waals surface area (Å²) in [6.45, 7) is 0. The molecule has 2 N–H and O–H groups in total. The third-order valence-electron chi connectivity index (χ3n) is 3.29. The molecule has 0 spiro atoms. The predicted molar refractivity (Wildman–Crippen MR) is 92.3 cm³/mol. The van der Waals surface area contributed by atoms with Gasteiger partial charge in [-0.3, -0.25) is 4.79 Å². The summed E-state index contributed by atoms with van der Waals surface area (Å²) in [7, 11) is 2.85. The number of ketones is 1. The number of carbonyl (C=O) groups is 1. The first-order valence-corrected chi connectivity index (χ1v) is 7.18. The van der Waals surface area contributed by atoms with Gasteiger partial charge in [-0.25, -0.2) is 0 Å². The van der Waals surface area contributed by atoms with Crippen LogP contribution in [-0.4, -0.2) is 30.2 Å². The van der Waals surface area contributed by atoms with Gasteiger partial charge in [0.2, 0.25) is 5.75 Å². The van der Waals surface area contributed by atoms with Crippen LogP contribution in [0.3, 0.4) is 0 Å². The van der Waals surface area contributed by atoms with E-state index in [4.69, 9.17) is 9.47 Å². The maximum absolute atomic E-state index is 11.9. The summed E-state index contributed by atoms with van der Waals surface area (Å²) in [5.41, 5.74) is 1.18. The number of methoxy groups -OCH3 is 2. The second kappa shape index (κ2) is 7.87. The van der Waals surface area contributed by atoms with Gasteiger partial charge in [0.1, 0.15) is 5.76 Å². The minimum absolute atomic E-state index is 0.105. The topological polar surface area (TPSA) is 76.0 Å². The highest BCUT2D eigenvalue weighted by atomic mass is 16.5. The quantitative estimate of drug-likeness (QED) is 0.627. The number of hydrogen-bond donors (Lipinski definition) is 2. The third kappa shape index (κ3) is 4.16. The molecular weight excluding hydrogens is 308 g/mol. The van der Waals surface area contributed by atoms with E-state index in [1.54, 1.807) is 42.5 Å². The molecule has 0 saturated carbocycles. The number of ether oxygens (including phenoxy) is 2. The maximum atomic E-state index is 11.9. The monoisotopic (exact) mass is 326 g/mol. The average Bonchev–Trinajstić information content (AvgIpc) is 2.61. The lowest BCUT2D eigenvalue weighted by Crippen LogP contribution is -1.92. The number of carbonyl (C=O) groups excluding carboxylic acids is 1. The van der Waals surface area contributed by atoms with Crippen molar-refractivity contribution in [2.75, 3.05) is 14.2 Å². The van der Waals surface area contributed by atoms with Crippen molar-refractivity contribution in [1.29, 1.82) is 0 Å². The summed E-state index contributed by atoms with van der Waals surface area (Å²) in [5.74, 6) is -0.105. The van der Waals surface area contributed by atoms with Crippen molar-refractivity contribution in [2.45, 2.75) is 0 Å². The molecule has 5 nitrogen and oxygen atoms in total. The van der Waals surface area contributed by atoms with Crippen LogP contribution in [0.15, 0.2) is 54.6 Å². The molecule has 0 unspecified atom stereocenters. The van der Waals surface area contributed by atoms with Crippen LogP contribution in [0.25, 0.3) is 11.8 Å². The Kier molecular flexibility index (Phi) is 5.63. The fourth-order valence-electron chi connectivity index (χ4n) is 2.06. The van der Waals surface area contributed by atoms with E-state index >= 15 is 0 Å². The molecule has 24 heavy (non-hydrogen) atoms. The Labute approximate surface area is 140 Å². The van der Waals surface area contributed by atoms with Crippen LogP contribution in [0.1, 0.15) is 11.1 Å². The first-order valence-electron chi connectivity index (χ1n) is 7.18. The first-order chi connectivity index (χ1) is 11.5. The Balaban J connectivity index is 2.20. The Bertz CT molecular complexity index is 751. The van der Waals surface area contributed by atoms with E-state index in [1.165, 1.54) is 20.3 Å². The lowest BCUT2D eigenvalue weighted by Gasteiger charge is -2.09. The molecule has 0 aliphatic heterocycles. The Hall–Kier alpha value is -3.21. The molecule has 2 aromatic carbocycles. The van der Waals surface area contributed by atoms with Gasteiger partial charge in [-0.15, -0.1) is 0 Å². The van der Waals surface area contributed by atoms with Crippen LogP contribution >= 0.6 is 0 Å². The Morgan fingerprint density at radius 2 is 1.62 bits per heavy atom. The molecule has 5 heteroatoms. The zero-order chi connectivity index (χ0) is 17.5. The van der Waals surface area contributed by atoms with Crippen LogP contribution in [0.2, 0.25) is 0 Å². The number of phenolic OH excluding ortho intramolecular Hbond substituents is 1. The van der Waals surface area contributed by atoms with Crippen molar-refractivity contribution in [2.24, 2.45) is 0 Å². The highest BCUT2D eigenvalue weighted by Gasteiger charge is 2.10. The number of aromatic hydroxyl groups is 1. The van der Waals surface area contributed by atoms with Gasteiger partial charge < -0.3 is 19.7 Å². The molecule has 0 aliphatic carbocycles. The number of aliphatic hydroxyl groups excluding tert-OH is 1. The second-order valence-electron chi connectivity index (χ2n) is 4.91. The Morgan fingerprint density at radius 3 is 2.17 bits per heavy atom. The summed E-state index contributed by atoms with van der Waals surface area (Å²) < 4.78 is 10.1. The summed E-state index contributed by atoms with van der Waals surface area (Å²) in [4.78, 5) is 11.9. The SMILES string of the molecule is COc1cc(/C=C/C(=O)/C=C(\O)c2ccccc2)cc(OC)c1O. The van der Waals surface area contributed by atoms with Crippen molar-refractivity contribution in [3.8, 4) is 17.2 Å². The summed E-state index contributed by atoms with van der Waals surface area (Å²) in [6, 6.07) is 11.9. The van der Waals surface area contributed by atoms with Crippen molar-refractivity contribution in [3.05, 3.63) is 65.7 Å². The molecule has 0 radical (unpaired) electrons. The smallest absolute Gasteiger partial charge is 0.200 e. The highest BCUT2D eigenvalue weighted by Crippen LogP contribution is 2.37. The molecule has 0 heterocycles. The number of allylic oxidation sites excluding steroid dienone is 2. The van der Waals surface area contributed by atoms with E-state index in [1.807, 2.05) is 6.07 Å². The van der Waals surface area contributed by atoms with Gasteiger partial charge in [-0.1, -0.05) is 36.4 Å². The number of aliphatic hydroxyl groups is 1. The fourth-order valence-corrected chi connectivity index (χ4v) is 2.06. The molecule has 0 aromatic heterocycles. The lowest BCUT2D eigenvalue weighted by atomic mass is 10.1.